The lowest BCUT2D eigenvalue weighted by molar-refractivity contribution is -0.702. The standard InChI is InChI=1S/C9H16N2Si/c1-2-4-9-10-5-7-11(9)6-3-8-12/h2,5,7H,1,3-4,6,8H2,12H3/p+1. The summed E-state index contributed by atoms with van der Waals surface area (Å²) in [6, 6.07) is 1.38. The summed E-state index contributed by atoms with van der Waals surface area (Å²) >= 11 is 0. The highest BCUT2D eigenvalue weighted by Gasteiger charge is 2.06. The van der Waals surface area contributed by atoms with Crippen molar-refractivity contribution in [2.45, 2.75) is 25.4 Å². The number of aromatic amines is 1. The van der Waals surface area contributed by atoms with Crippen LogP contribution in [0.25, 0.3) is 0 Å². The zero-order valence-corrected chi connectivity index (χ0v) is 9.71. The zero-order valence-electron chi connectivity index (χ0n) is 7.71. The highest BCUT2D eigenvalue weighted by molar-refractivity contribution is 6.08. The number of H-pyrrole nitrogens is 1. The molecule has 0 spiro atoms. The summed E-state index contributed by atoms with van der Waals surface area (Å²) in [7, 11) is 1.32. The lowest BCUT2D eigenvalue weighted by atomic mass is 10.4. The van der Waals surface area contributed by atoms with Gasteiger partial charge in [-0.2, -0.15) is 0 Å². The maximum atomic E-state index is 3.73. The molecule has 1 aromatic rings. The molecule has 0 atom stereocenters. The minimum atomic E-state index is 0.939. The number of aryl methyl sites for hydroxylation is 1. The van der Waals surface area contributed by atoms with Crippen LogP contribution >= 0.6 is 0 Å². The Bertz CT molecular complexity index is 242. The molecule has 0 saturated heterocycles. The van der Waals surface area contributed by atoms with Gasteiger partial charge in [0.15, 0.2) is 0 Å². The number of hydrogen-bond acceptors (Lipinski definition) is 0. The van der Waals surface area contributed by atoms with Gasteiger partial charge in [-0.15, -0.1) is 6.58 Å². The van der Waals surface area contributed by atoms with Gasteiger partial charge in [0.25, 0.3) is 5.82 Å². The van der Waals surface area contributed by atoms with Gasteiger partial charge in [-0.25, -0.2) is 9.55 Å². The molecule has 0 unspecified atom stereocenters. The third-order valence-corrected chi connectivity index (χ3v) is 2.65. The Hall–Kier alpha value is -0.833. The van der Waals surface area contributed by atoms with Gasteiger partial charge < -0.3 is 0 Å². The van der Waals surface area contributed by atoms with E-state index in [1.54, 1.807) is 0 Å². The van der Waals surface area contributed by atoms with E-state index in [4.69, 9.17) is 0 Å². The van der Waals surface area contributed by atoms with Crippen LogP contribution in [0, 0.1) is 0 Å². The van der Waals surface area contributed by atoms with Gasteiger partial charge in [0, 0.05) is 10.2 Å². The molecule has 1 N–H and O–H groups in total. The van der Waals surface area contributed by atoms with Crippen molar-refractivity contribution in [3.63, 3.8) is 0 Å². The van der Waals surface area contributed by atoms with Crippen LogP contribution in [-0.4, -0.2) is 15.2 Å². The van der Waals surface area contributed by atoms with Crippen LogP contribution in [-0.2, 0) is 13.0 Å². The van der Waals surface area contributed by atoms with Crippen molar-refractivity contribution in [1.29, 1.82) is 0 Å². The van der Waals surface area contributed by atoms with Gasteiger partial charge in [0.2, 0.25) is 0 Å². The fourth-order valence-electron chi connectivity index (χ4n) is 1.25. The van der Waals surface area contributed by atoms with E-state index in [-0.39, 0.29) is 0 Å². The van der Waals surface area contributed by atoms with E-state index >= 15 is 0 Å². The predicted molar refractivity (Wildman–Crippen MR) is 54.3 cm³/mol. The topological polar surface area (TPSA) is 19.7 Å². The fourth-order valence-corrected chi connectivity index (χ4v) is 1.56. The second-order valence-electron chi connectivity index (χ2n) is 2.95. The highest BCUT2D eigenvalue weighted by atomic mass is 28.1. The molecule has 1 heterocycles. The Morgan fingerprint density at radius 2 is 2.50 bits per heavy atom. The van der Waals surface area contributed by atoms with Crippen molar-refractivity contribution in [2.24, 2.45) is 0 Å². The van der Waals surface area contributed by atoms with Crippen molar-refractivity contribution >= 4 is 10.2 Å². The quantitative estimate of drug-likeness (QED) is 0.380. The first kappa shape index (κ1) is 9.26. The Labute approximate surface area is 76.7 Å². The van der Waals surface area contributed by atoms with E-state index in [0.29, 0.717) is 0 Å². The predicted octanol–water partition coefficient (Wildman–Crippen LogP) is 0.205. The summed E-state index contributed by atoms with van der Waals surface area (Å²) in [6.07, 6.45) is 8.28. The van der Waals surface area contributed by atoms with Crippen LogP contribution in [0.5, 0.6) is 0 Å². The minimum absolute atomic E-state index is 0.939. The molecule has 0 saturated carbocycles. The van der Waals surface area contributed by atoms with Crippen LogP contribution in [0.4, 0.5) is 0 Å². The molecular formula is C9H17N2Si+. The summed E-state index contributed by atoms with van der Waals surface area (Å²) in [6.45, 7) is 4.88. The molecule has 66 valence electrons. The molecule has 3 heteroatoms. The molecule has 0 aliphatic rings. The Kier molecular flexibility index (Phi) is 3.80. The first-order valence-electron chi connectivity index (χ1n) is 4.55. The van der Waals surface area contributed by atoms with Crippen molar-refractivity contribution in [2.75, 3.05) is 0 Å². The number of imidazole rings is 1. The van der Waals surface area contributed by atoms with Gasteiger partial charge in [0.05, 0.1) is 13.0 Å². The molecule has 0 bridgehead atoms. The maximum Gasteiger partial charge on any atom is 0.258 e. The number of nitrogens with one attached hydrogen (secondary N) is 1. The molecule has 0 aliphatic heterocycles. The van der Waals surface area contributed by atoms with Crippen molar-refractivity contribution in [1.82, 2.24) is 4.98 Å². The Morgan fingerprint density at radius 3 is 3.17 bits per heavy atom. The Balaban J connectivity index is 2.57. The molecule has 0 radical (unpaired) electrons. The second-order valence-corrected chi connectivity index (χ2v) is 3.95. The SMILES string of the molecule is C=CCc1[nH]cc[n+]1CCC[SiH3]. The molecule has 2 nitrogen and oxygen atoms in total. The van der Waals surface area contributed by atoms with Crippen LogP contribution in [0.15, 0.2) is 25.0 Å². The van der Waals surface area contributed by atoms with Crippen molar-refractivity contribution in [3.8, 4) is 0 Å². The zero-order chi connectivity index (χ0) is 8.81. The smallest absolute Gasteiger partial charge is 0.247 e. The summed E-state index contributed by atoms with van der Waals surface area (Å²) in [4.78, 5) is 3.22. The van der Waals surface area contributed by atoms with Crippen LogP contribution in [0.1, 0.15) is 12.2 Å². The molecule has 0 amide bonds. The van der Waals surface area contributed by atoms with E-state index in [1.165, 1.54) is 28.5 Å². The lowest BCUT2D eigenvalue weighted by Gasteiger charge is -1.96. The average Bonchev–Trinajstić information content (AvgIpc) is 2.50. The highest BCUT2D eigenvalue weighted by Crippen LogP contribution is 1.91. The summed E-state index contributed by atoms with van der Waals surface area (Å²) in [5.41, 5.74) is 0. The van der Waals surface area contributed by atoms with Crippen LogP contribution in [0.2, 0.25) is 6.04 Å². The first-order chi connectivity index (χ1) is 5.88. The molecule has 12 heavy (non-hydrogen) atoms. The molecule has 1 rings (SSSR count). The van der Waals surface area contributed by atoms with Gasteiger partial charge in [-0.3, -0.25) is 0 Å². The number of rotatable bonds is 5. The normalized spacial score (nSPS) is 10.3. The van der Waals surface area contributed by atoms with E-state index in [1.807, 2.05) is 12.3 Å². The molecular weight excluding hydrogens is 164 g/mol. The third kappa shape index (κ3) is 2.34. The third-order valence-electron chi connectivity index (χ3n) is 1.94. The average molecular weight is 181 g/mol. The van der Waals surface area contributed by atoms with E-state index in [0.717, 1.165) is 13.0 Å². The van der Waals surface area contributed by atoms with Gasteiger partial charge >= 0.3 is 0 Å². The Morgan fingerprint density at radius 1 is 1.67 bits per heavy atom. The fraction of sp³-hybridized carbons (Fsp3) is 0.444. The minimum Gasteiger partial charge on any atom is -0.247 e. The van der Waals surface area contributed by atoms with Crippen LogP contribution < -0.4 is 4.57 Å². The molecule has 0 aromatic carbocycles. The number of aromatic nitrogens is 2. The molecule has 0 aliphatic carbocycles. The van der Waals surface area contributed by atoms with Crippen molar-refractivity contribution in [3.05, 3.63) is 30.9 Å². The van der Waals surface area contributed by atoms with E-state index in [9.17, 15) is 0 Å². The summed E-state index contributed by atoms with van der Waals surface area (Å²) < 4.78 is 2.28. The number of hydrogen-bond donors (Lipinski definition) is 1. The first-order valence-corrected chi connectivity index (χ1v) is 5.96. The summed E-state index contributed by atoms with van der Waals surface area (Å²) in [5.74, 6) is 1.26. The van der Waals surface area contributed by atoms with Crippen LogP contribution in [0.3, 0.4) is 0 Å². The monoisotopic (exact) mass is 181 g/mol. The van der Waals surface area contributed by atoms with E-state index < -0.39 is 0 Å². The van der Waals surface area contributed by atoms with Gasteiger partial charge in [-0.05, 0) is 6.42 Å². The summed E-state index contributed by atoms with van der Waals surface area (Å²) in [5, 5.41) is 0. The van der Waals surface area contributed by atoms with E-state index in [2.05, 4.69) is 22.3 Å². The lowest BCUT2D eigenvalue weighted by Crippen LogP contribution is -2.35. The second kappa shape index (κ2) is 4.93. The molecule has 0 fully saturated rings. The van der Waals surface area contributed by atoms with Gasteiger partial charge in [-0.1, -0.05) is 12.1 Å². The number of allylic oxidation sites excluding steroid dienone is 1. The number of nitrogens with zero attached hydrogens (tertiary/aromatic N) is 1. The maximum absolute atomic E-state index is 3.73. The van der Waals surface area contributed by atoms with Gasteiger partial charge in [0.1, 0.15) is 12.4 Å². The largest absolute Gasteiger partial charge is 0.258 e. The molecule has 1 aromatic heterocycles. The van der Waals surface area contributed by atoms with Crippen molar-refractivity contribution < 1.29 is 4.57 Å².